The van der Waals surface area contributed by atoms with E-state index in [1.165, 1.54) is 24.5 Å². The van der Waals surface area contributed by atoms with Gasteiger partial charge >= 0.3 is 5.97 Å². The van der Waals surface area contributed by atoms with E-state index < -0.39 is 10.9 Å². The number of ether oxygens (including phenoxy) is 1. The molecule has 98 valence electrons. The molecule has 0 bridgehead atoms. The minimum absolute atomic E-state index is 0.0514. The third-order valence-electron chi connectivity index (χ3n) is 2.41. The lowest BCUT2D eigenvalue weighted by molar-refractivity contribution is -0.383. The summed E-state index contributed by atoms with van der Waals surface area (Å²) in [6, 6.07) is 7.91. The van der Waals surface area contributed by atoms with Gasteiger partial charge in [0.2, 0.25) is 0 Å². The maximum Gasteiger partial charge on any atom is 0.350 e. The van der Waals surface area contributed by atoms with Crippen molar-refractivity contribution in [1.82, 2.24) is 0 Å². The maximum absolute atomic E-state index is 11.5. The van der Waals surface area contributed by atoms with Gasteiger partial charge in [0.25, 0.3) is 5.69 Å². The van der Waals surface area contributed by atoms with Crippen LogP contribution in [-0.2, 0) is 4.74 Å². The van der Waals surface area contributed by atoms with Gasteiger partial charge in [-0.15, -0.1) is 11.3 Å². The fourth-order valence-corrected chi connectivity index (χ4v) is 2.31. The molecule has 0 saturated carbocycles. The lowest BCUT2D eigenvalue weighted by Gasteiger charge is -2.06. The number of nitrogens with one attached hydrogen (secondary N) is 1. The molecule has 0 amide bonds. The molecule has 19 heavy (non-hydrogen) atoms. The van der Waals surface area contributed by atoms with Crippen molar-refractivity contribution in [2.45, 2.75) is 0 Å². The first-order valence-electron chi connectivity index (χ1n) is 5.29. The van der Waals surface area contributed by atoms with Gasteiger partial charge in [-0.2, -0.15) is 0 Å². The number of esters is 1. The standard InChI is InChI=1S/C12H10N2O4S/c1-18-12(15)11-9(6-7-19-11)13-8-4-2-3-5-10(8)14(16)17/h2-7,13H,1H3. The number of benzene rings is 1. The number of para-hydroxylation sites is 2. The zero-order chi connectivity index (χ0) is 13.8. The van der Waals surface area contributed by atoms with Crippen LogP contribution < -0.4 is 5.32 Å². The zero-order valence-corrected chi connectivity index (χ0v) is 10.8. The number of thiophene rings is 1. The molecule has 0 aliphatic heterocycles. The first kappa shape index (κ1) is 13.0. The van der Waals surface area contributed by atoms with Crippen LogP contribution in [0.2, 0.25) is 0 Å². The van der Waals surface area contributed by atoms with Crippen LogP contribution in [0, 0.1) is 10.1 Å². The largest absolute Gasteiger partial charge is 0.465 e. The molecule has 7 heteroatoms. The number of nitro groups is 1. The molecule has 0 radical (unpaired) electrons. The number of hydrogen-bond donors (Lipinski definition) is 1. The van der Waals surface area contributed by atoms with Gasteiger partial charge in [-0.05, 0) is 17.5 Å². The van der Waals surface area contributed by atoms with Gasteiger partial charge in [0.1, 0.15) is 10.6 Å². The van der Waals surface area contributed by atoms with E-state index in [0.717, 1.165) is 0 Å². The summed E-state index contributed by atoms with van der Waals surface area (Å²) in [5.41, 5.74) is 0.770. The van der Waals surface area contributed by atoms with E-state index in [-0.39, 0.29) is 5.69 Å². The van der Waals surface area contributed by atoms with E-state index >= 15 is 0 Å². The molecule has 0 saturated heterocycles. The SMILES string of the molecule is COC(=O)c1sccc1Nc1ccccc1[N+](=O)[O-]. The molecule has 0 fully saturated rings. The minimum atomic E-state index is -0.480. The molecule has 0 aliphatic rings. The molecule has 1 heterocycles. The Morgan fingerprint density at radius 1 is 1.32 bits per heavy atom. The predicted octanol–water partition coefficient (Wildman–Crippen LogP) is 3.19. The number of rotatable bonds is 4. The Hall–Kier alpha value is -2.41. The van der Waals surface area contributed by atoms with Gasteiger partial charge < -0.3 is 10.1 Å². The van der Waals surface area contributed by atoms with Crippen molar-refractivity contribution in [1.29, 1.82) is 0 Å². The van der Waals surface area contributed by atoms with Crippen LogP contribution in [0.1, 0.15) is 9.67 Å². The molecule has 2 aromatic rings. The summed E-state index contributed by atoms with van der Waals surface area (Å²) >= 11 is 1.21. The fraction of sp³-hybridized carbons (Fsp3) is 0.0833. The highest BCUT2D eigenvalue weighted by molar-refractivity contribution is 7.12. The van der Waals surface area contributed by atoms with Crippen LogP contribution >= 0.6 is 11.3 Å². The summed E-state index contributed by atoms with van der Waals surface area (Å²) < 4.78 is 4.65. The van der Waals surface area contributed by atoms with Crippen LogP contribution in [0.4, 0.5) is 17.1 Å². The lowest BCUT2D eigenvalue weighted by Crippen LogP contribution is -2.03. The Morgan fingerprint density at radius 3 is 2.74 bits per heavy atom. The minimum Gasteiger partial charge on any atom is -0.465 e. The van der Waals surface area contributed by atoms with Crippen LogP contribution in [-0.4, -0.2) is 18.0 Å². The van der Waals surface area contributed by atoms with E-state index in [4.69, 9.17) is 0 Å². The topological polar surface area (TPSA) is 81.5 Å². The van der Waals surface area contributed by atoms with Gasteiger partial charge in [-0.25, -0.2) is 4.79 Å². The Morgan fingerprint density at radius 2 is 2.05 bits per heavy atom. The van der Waals surface area contributed by atoms with E-state index in [0.29, 0.717) is 16.3 Å². The maximum atomic E-state index is 11.5. The normalized spacial score (nSPS) is 9.95. The number of methoxy groups -OCH3 is 1. The molecule has 0 aliphatic carbocycles. The summed E-state index contributed by atoms with van der Waals surface area (Å²) in [6.07, 6.45) is 0. The molecular formula is C12H10N2O4S. The number of carbonyl (C=O) groups excluding carboxylic acids is 1. The van der Waals surface area contributed by atoms with Crippen LogP contribution in [0.5, 0.6) is 0 Å². The smallest absolute Gasteiger partial charge is 0.350 e. The number of nitrogens with zero attached hydrogens (tertiary/aromatic N) is 1. The summed E-state index contributed by atoms with van der Waals surface area (Å²) in [7, 11) is 1.29. The van der Waals surface area contributed by atoms with Gasteiger partial charge in [0.05, 0.1) is 17.7 Å². The molecule has 0 atom stereocenters. The van der Waals surface area contributed by atoms with Crippen molar-refractivity contribution >= 4 is 34.4 Å². The van der Waals surface area contributed by atoms with Crippen molar-refractivity contribution in [3.63, 3.8) is 0 Å². The van der Waals surface area contributed by atoms with Crippen molar-refractivity contribution in [2.24, 2.45) is 0 Å². The quantitative estimate of drug-likeness (QED) is 0.527. The van der Waals surface area contributed by atoms with Gasteiger partial charge in [-0.3, -0.25) is 10.1 Å². The Balaban J connectivity index is 2.35. The first-order valence-corrected chi connectivity index (χ1v) is 6.17. The molecule has 0 spiro atoms. The Labute approximate surface area is 112 Å². The summed E-state index contributed by atoms with van der Waals surface area (Å²) in [6.45, 7) is 0. The van der Waals surface area contributed by atoms with Gasteiger partial charge in [0.15, 0.2) is 0 Å². The van der Waals surface area contributed by atoms with Crippen molar-refractivity contribution in [3.8, 4) is 0 Å². The first-order chi connectivity index (χ1) is 9.13. The summed E-state index contributed by atoms with van der Waals surface area (Å²) in [4.78, 5) is 22.3. The third kappa shape index (κ3) is 2.71. The second-order valence-corrected chi connectivity index (χ2v) is 4.47. The number of nitro benzene ring substituents is 1. The molecule has 0 unspecified atom stereocenters. The highest BCUT2D eigenvalue weighted by Gasteiger charge is 2.17. The molecule has 2 rings (SSSR count). The highest BCUT2D eigenvalue weighted by Crippen LogP contribution is 2.31. The van der Waals surface area contributed by atoms with Gasteiger partial charge in [-0.1, -0.05) is 12.1 Å². The van der Waals surface area contributed by atoms with Crippen molar-refractivity contribution in [3.05, 3.63) is 50.7 Å². The summed E-state index contributed by atoms with van der Waals surface area (Å²) in [5.74, 6) is -0.476. The van der Waals surface area contributed by atoms with Crippen molar-refractivity contribution in [2.75, 3.05) is 12.4 Å². The highest BCUT2D eigenvalue weighted by atomic mass is 32.1. The molecule has 1 aromatic heterocycles. The second-order valence-electron chi connectivity index (χ2n) is 3.55. The second kappa shape index (κ2) is 5.49. The average molecular weight is 278 g/mol. The fourth-order valence-electron chi connectivity index (χ4n) is 1.54. The lowest BCUT2D eigenvalue weighted by atomic mass is 10.2. The number of anilines is 2. The number of carbonyl (C=O) groups is 1. The van der Waals surface area contributed by atoms with Crippen LogP contribution in [0.15, 0.2) is 35.7 Å². The average Bonchev–Trinajstić information content (AvgIpc) is 2.86. The molecule has 1 N–H and O–H groups in total. The monoisotopic (exact) mass is 278 g/mol. The Kier molecular flexibility index (Phi) is 3.76. The Bertz CT molecular complexity index is 624. The zero-order valence-electron chi connectivity index (χ0n) is 9.95. The van der Waals surface area contributed by atoms with E-state index in [9.17, 15) is 14.9 Å². The van der Waals surface area contributed by atoms with Crippen LogP contribution in [0.25, 0.3) is 0 Å². The molecule has 1 aromatic carbocycles. The molecule has 6 nitrogen and oxygen atoms in total. The van der Waals surface area contributed by atoms with E-state index in [1.54, 1.807) is 29.6 Å². The van der Waals surface area contributed by atoms with Crippen LogP contribution in [0.3, 0.4) is 0 Å². The van der Waals surface area contributed by atoms with E-state index in [1.807, 2.05) is 0 Å². The molecular weight excluding hydrogens is 268 g/mol. The number of hydrogen-bond acceptors (Lipinski definition) is 6. The van der Waals surface area contributed by atoms with E-state index in [2.05, 4.69) is 10.1 Å². The summed E-state index contributed by atoms with van der Waals surface area (Å²) in [5, 5.41) is 15.5. The van der Waals surface area contributed by atoms with Crippen molar-refractivity contribution < 1.29 is 14.5 Å². The van der Waals surface area contributed by atoms with Gasteiger partial charge in [0, 0.05) is 6.07 Å². The predicted molar refractivity (Wildman–Crippen MR) is 72.0 cm³/mol. The third-order valence-corrected chi connectivity index (χ3v) is 3.30.